The maximum atomic E-state index is 12.6. The Morgan fingerprint density at radius 1 is 0.971 bits per heavy atom. The molecule has 2 aromatic carbocycles. The molecule has 0 spiro atoms. The minimum atomic E-state index is -4.57. The molecular weight excluding hydrogens is 469 g/mol. The van der Waals surface area contributed by atoms with Crippen LogP contribution in [0, 0.1) is 0 Å². The van der Waals surface area contributed by atoms with Crippen LogP contribution in [-0.4, -0.2) is 52.0 Å². The summed E-state index contributed by atoms with van der Waals surface area (Å²) in [4.78, 5) is 22.9. The summed E-state index contributed by atoms with van der Waals surface area (Å²) >= 11 is 0. The van der Waals surface area contributed by atoms with Crippen molar-refractivity contribution in [1.29, 1.82) is 0 Å². The number of carboxylic acid groups (broad SMARTS) is 1. The number of aromatic nitrogens is 3. The maximum Gasteiger partial charge on any atom is 0.422 e. The molecule has 186 valence electrons. The van der Waals surface area contributed by atoms with E-state index in [1.165, 1.54) is 24.3 Å². The topological polar surface area (TPSA) is 145 Å². The average molecular weight is 492 g/mol. The van der Waals surface area contributed by atoms with Crippen molar-refractivity contribution in [2.45, 2.75) is 19.1 Å². The fourth-order valence-corrected chi connectivity index (χ4v) is 2.69. The van der Waals surface area contributed by atoms with Crippen LogP contribution in [0.3, 0.4) is 0 Å². The van der Waals surface area contributed by atoms with E-state index in [2.05, 4.69) is 30.3 Å². The van der Waals surface area contributed by atoms with Crippen molar-refractivity contribution in [3.63, 3.8) is 0 Å². The molecule has 1 aromatic heterocycles. The van der Waals surface area contributed by atoms with Crippen molar-refractivity contribution >= 4 is 23.6 Å². The number of carbonyl (C=O) groups is 1. The summed E-state index contributed by atoms with van der Waals surface area (Å²) in [5.41, 5.74) is 6.76. The van der Waals surface area contributed by atoms with E-state index in [0.29, 0.717) is 24.6 Å². The predicted molar refractivity (Wildman–Crippen MR) is 121 cm³/mol. The normalized spacial score (nSPS) is 11.1. The van der Waals surface area contributed by atoms with Gasteiger partial charge in [-0.1, -0.05) is 12.1 Å². The minimum Gasteiger partial charge on any atom is -0.494 e. The third kappa shape index (κ3) is 8.62. The van der Waals surface area contributed by atoms with Crippen molar-refractivity contribution in [1.82, 2.24) is 15.0 Å². The number of carboxylic acids is 1. The van der Waals surface area contributed by atoms with Crippen LogP contribution in [-0.2, 0) is 6.54 Å². The van der Waals surface area contributed by atoms with E-state index in [-0.39, 0.29) is 24.0 Å². The first kappa shape index (κ1) is 25.5. The highest BCUT2D eigenvalue weighted by Gasteiger charge is 2.29. The van der Waals surface area contributed by atoms with E-state index in [4.69, 9.17) is 15.6 Å². The van der Waals surface area contributed by atoms with Crippen molar-refractivity contribution in [3.8, 4) is 11.8 Å². The van der Waals surface area contributed by atoms with Gasteiger partial charge in [-0.2, -0.15) is 28.1 Å². The van der Waals surface area contributed by atoms with Crippen molar-refractivity contribution in [3.05, 3.63) is 59.7 Å². The lowest BCUT2D eigenvalue weighted by atomic mass is 10.2. The monoisotopic (exact) mass is 492 g/mol. The molecule has 0 aliphatic carbocycles. The first-order valence-corrected chi connectivity index (χ1v) is 10.4. The highest BCUT2D eigenvalue weighted by Crippen LogP contribution is 2.21. The molecule has 3 rings (SSSR count). The number of aromatic carboxylic acids is 1. The van der Waals surface area contributed by atoms with Gasteiger partial charge in [-0.05, 0) is 54.9 Å². The molecular formula is C22H23F3N6O4. The van der Waals surface area contributed by atoms with Crippen molar-refractivity contribution in [2.24, 2.45) is 5.73 Å². The van der Waals surface area contributed by atoms with Gasteiger partial charge in [0.1, 0.15) is 5.75 Å². The van der Waals surface area contributed by atoms with Crippen LogP contribution in [0.5, 0.6) is 11.8 Å². The fraction of sp³-hybridized carbons (Fsp3) is 0.273. The Morgan fingerprint density at radius 3 is 2.29 bits per heavy atom. The largest absolute Gasteiger partial charge is 0.494 e. The molecule has 0 aliphatic heterocycles. The van der Waals surface area contributed by atoms with Crippen LogP contribution in [0.2, 0.25) is 0 Å². The van der Waals surface area contributed by atoms with Gasteiger partial charge in [-0.15, -0.1) is 0 Å². The number of nitrogens with one attached hydrogen (secondary N) is 2. The molecule has 0 saturated heterocycles. The van der Waals surface area contributed by atoms with Crippen molar-refractivity contribution < 1.29 is 32.5 Å². The molecule has 3 aromatic rings. The fourth-order valence-electron chi connectivity index (χ4n) is 2.69. The SMILES string of the molecule is NCCCOc1ccc(CNc2nc(Nc3ccc(C(=O)O)cc3)nc(OCC(F)(F)F)n2)cc1. The Bertz CT molecular complexity index is 1110. The zero-order chi connectivity index (χ0) is 25.3. The standard InChI is InChI=1S/C22H23F3N6O4/c23-22(24,25)13-35-21-30-19(27-12-14-2-8-17(9-3-14)34-11-1-10-26)29-20(31-21)28-16-6-4-15(5-7-16)18(32)33/h2-9H,1,10-13,26H2,(H,32,33)(H2,27,28,29,30,31). The van der Waals surface area contributed by atoms with Crippen LogP contribution in [0.15, 0.2) is 48.5 Å². The second kappa shape index (κ2) is 11.8. The lowest BCUT2D eigenvalue weighted by Crippen LogP contribution is -2.21. The van der Waals surface area contributed by atoms with Gasteiger partial charge in [-0.3, -0.25) is 0 Å². The summed E-state index contributed by atoms with van der Waals surface area (Å²) in [5, 5.41) is 14.7. The number of benzene rings is 2. The quantitative estimate of drug-likeness (QED) is 0.277. The second-order valence-corrected chi connectivity index (χ2v) is 7.16. The molecule has 1 heterocycles. The summed E-state index contributed by atoms with van der Waals surface area (Å²) in [6.07, 6.45) is -3.84. The number of nitrogens with two attached hydrogens (primary N) is 1. The number of hydrogen-bond donors (Lipinski definition) is 4. The van der Waals surface area contributed by atoms with Gasteiger partial charge in [-0.25, -0.2) is 4.79 Å². The Morgan fingerprint density at radius 2 is 1.66 bits per heavy atom. The first-order valence-electron chi connectivity index (χ1n) is 10.4. The Balaban J connectivity index is 1.72. The molecule has 5 N–H and O–H groups in total. The summed E-state index contributed by atoms with van der Waals surface area (Å²) < 4.78 is 48.0. The van der Waals surface area contributed by atoms with E-state index in [0.717, 1.165) is 12.0 Å². The van der Waals surface area contributed by atoms with Crippen LogP contribution < -0.4 is 25.8 Å². The van der Waals surface area contributed by atoms with Gasteiger partial charge in [0, 0.05) is 12.2 Å². The second-order valence-electron chi connectivity index (χ2n) is 7.16. The number of hydrogen-bond acceptors (Lipinski definition) is 9. The summed E-state index contributed by atoms with van der Waals surface area (Å²) in [7, 11) is 0. The molecule has 0 radical (unpaired) electrons. The Hall–Kier alpha value is -4.13. The van der Waals surface area contributed by atoms with Gasteiger partial charge in [0.2, 0.25) is 11.9 Å². The molecule has 0 atom stereocenters. The third-order valence-electron chi connectivity index (χ3n) is 4.36. The number of nitrogens with zero attached hydrogens (tertiary/aromatic N) is 3. The van der Waals surface area contributed by atoms with Crippen LogP contribution in [0.25, 0.3) is 0 Å². The number of alkyl halides is 3. The average Bonchev–Trinajstić information content (AvgIpc) is 2.82. The van der Waals surface area contributed by atoms with Gasteiger partial charge in [0.05, 0.1) is 12.2 Å². The zero-order valence-corrected chi connectivity index (χ0v) is 18.4. The highest BCUT2D eigenvalue weighted by molar-refractivity contribution is 5.88. The van der Waals surface area contributed by atoms with E-state index in [1.54, 1.807) is 12.1 Å². The van der Waals surface area contributed by atoms with E-state index < -0.39 is 24.8 Å². The van der Waals surface area contributed by atoms with Gasteiger partial charge in [0.15, 0.2) is 6.61 Å². The van der Waals surface area contributed by atoms with Crippen molar-refractivity contribution in [2.75, 3.05) is 30.4 Å². The lowest BCUT2D eigenvalue weighted by molar-refractivity contribution is -0.154. The summed E-state index contributed by atoms with van der Waals surface area (Å²) in [5.74, 6) is -0.525. The Labute approximate surface area is 198 Å². The number of anilines is 3. The molecule has 0 fully saturated rings. The van der Waals surface area contributed by atoms with E-state index in [9.17, 15) is 18.0 Å². The van der Waals surface area contributed by atoms with Crippen LogP contribution in [0.4, 0.5) is 30.8 Å². The number of ether oxygens (including phenoxy) is 2. The van der Waals surface area contributed by atoms with Gasteiger partial charge < -0.3 is 30.9 Å². The predicted octanol–water partition coefficient (Wildman–Crippen LogP) is 3.59. The molecule has 0 aliphatic rings. The molecule has 0 bridgehead atoms. The maximum absolute atomic E-state index is 12.6. The van der Waals surface area contributed by atoms with E-state index in [1.807, 2.05) is 12.1 Å². The molecule has 0 amide bonds. The third-order valence-corrected chi connectivity index (χ3v) is 4.36. The summed E-state index contributed by atoms with van der Waals surface area (Å²) in [6, 6.07) is 12.3. The van der Waals surface area contributed by atoms with Crippen LogP contribution in [0.1, 0.15) is 22.3 Å². The zero-order valence-electron chi connectivity index (χ0n) is 18.4. The lowest BCUT2D eigenvalue weighted by Gasteiger charge is -2.12. The Kier molecular flexibility index (Phi) is 8.62. The number of rotatable bonds is 12. The van der Waals surface area contributed by atoms with Gasteiger partial charge in [0.25, 0.3) is 0 Å². The number of halogens is 3. The minimum absolute atomic E-state index is 0.0231. The molecule has 0 unspecified atom stereocenters. The molecule has 13 heteroatoms. The van der Waals surface area contributed by atoms with Crippen LogP contribution >= 0.6 is 0 Å². The molecule has 0 saturated carbocycles. The molecule has 10 nitrogen and oxygen atoms in total. The van der Waals surface area contributed by atoms with E-state index >= 15 is 0 Å². The molecule has 35 heavy (non-hydrogen) atoms. The first-order chi connectivity index (χ1) is 16.7. The highest BCUT2D eigenvalue weighted by atomic mass is 19.4. The summed E-state index contributed by atoms with van der Waals surface area (Å²) in [6.45, 7) is -0.269. The van der Waals surface area contributed by atoms with Gasteiger partial charge >= 0.3 is 18.2 Å². The smallest absolute Gasteiger partial charge is 0.422 e.